The molecule has 1 aromatic heterocycles. The lowest BCUT2D eigenvalue weighted by molar-refractivity contribution is 0.0942. The maximum absolute atomic E-state index is 12.9. The number of methoxy groups -OCH3 is 2. The first kappa shape index (κ1) is 22.7. The second-order valence-corrected chi connectivity index (χ2v) is 8.32. The van der Waals surface area contributed by atoms with E-state index in [1.54, 1.807) is 50.6 Å². The molecular formula is C23H23ClN2O4S. The molecule has 0 aliphatic carbocycles. The van der Waals surface area contributed by atoms with Crippen LogP contribution in [0.4, 0.5) is 5.00 Å². The molecule has 162 valence electrons. The highest BCUT2D eigenvalue weighted by Gasteiger charge is 2.20. The maximum atomic E-state index is 12.9. The lowest BCUT2D eigenvalue weighted by atomic mass is 10.1. The fourth-order valence-electron chi connectivity index (χ4n) is 3.11. The van der Waals surface area contributed by atoms with Gasteiger partial charge in [-0.1, -0.05) is 23.7 Å². The first-order chi connectivity index (χ1) is 14.8. The molecule has 0 saturated carbocycles. The van der Waals surface area contributed by atoms with Crippen LogP contribution in [0.25, 0.3) is 0 Å². The SMILES string of the molecule is COc1ccc(C(C)NC(=O)c2sc(NC(=O)c3ccccc3Cl)cc2C)c(OC)c1. The van der Waals surface area contributed by atoms with Gasteiger partial charge in [0, 0.05) is 11.6 Å². The highest BCUT2D eigenvalue weighted by atomic mass is 35.5. The van der Waals surface area contributed by atoms with Crippen molar-refractivity contribution in [2.24, 2.45) is 0 Å². The number of ether oxygens (including phenoxy) is 2. The van der Waals surface area contributed by atoms with E-state index in [1.165, 1.54) is 11.3 Å². The number of hydrogen-bond acceptors (Lipinski definition) is 5. The van der Waals surface area contributed by atoms with Crippen LogP contribution >= 0.6 is 22.9 Å². The van der Waals surface area contributed by atoms with Gasteiger partial charge in [-0.05, 0) is 49.7 Å². The zero-order chi connectivity index (χ0) is 22.5. The van der Waals surface area contributed by atoms with E-state index in [9.17, 15) is 9.59 Å². The number of carbonyl (C=O) groups excluding carboxylic acids is 2. The molecule has 2 N–H and O–H groups in total. The summed E-state index contributed by atoms with van der Waals surface area (Å²) in [5.41, 5.74) is 1.98. The zero-order valence-electron chi connectivity index (χ0n) is 17.6. The number of aryl methyl sites for hydroxylation is 1. The number of nitrogens with one attached hydrogen (secondary N) is 2. The van der Waals surface area contributed by atoms with Crippen molar-refractivity contribution in [1.82, 2.24) is 5.32 Å². The van der Waals surface area contributed by atoms with Crippen molar-refractivity contribution in [3.05, 3.63) is 75.1 Å². The average Bonchev–Trinajstić information content (AvgIpc) is 3.13. The first-order valence-electron chi connectivity index (χ1n) is 9.53. The van der Waals surface area contributed by atoms with Crippen molar-refractivity contribution in [2.45, 2.75) is 19.9 Å². The van der Waals surface area contributed by atoms with E-state index in [0.29, 0.717) is 32.0 Å². The largest absolute Gasteiger partial charge is 0.497 e. The number of anilines is 1. The van der Waals surface area contributed by atoms with E-state index in [-0.39, 0.29) is 17.9 Å². The van der Waals surface area contributed by atoms with Crippen molar-refractivity contribution >= 4 is 39.8 Å². The molecule has 0 spiro atoms. The number of benzene rings is 2. The first-order valence-corrected chi connectivity index (χ1v) is 10.7. The van der Waals surface area contributed by atoms with Crippen LogP contribution < -0.4 is 20.1 Å². The summed E-state index contributed by atoms with van der Waals surface area (Å²) in [6.45, 7) is 3.71. The Morgan fingerprint density at radius 3 is 2.45 bits per heavy atom. The standard InChI is InChI=1S/C23H23ClN2O4S/c1-13-11-20(26-22(27)17-7-5-6-8-18(17)24)31-21(13)23(28)25-14(2)16-10-9-15(29-3)12-19(16)30-4/h5-12,14H,1-4H3,(H,25,28)(H,26,27). The second kappa shape index (κ2) is 9.85. The molecule has 1 unspecified atom stereocenters. The monoisotopic (exact) mass is 458 g/mol. The Morgan fingerprint density at radius 2 is 1.77 bits per heavy atom. The van der Waals surface area contributed by atoms with Gasteiger partial charge < -0.3 is 20.1 Å². The van der Waals surface area contributed by atoms with Crippen LogP contribution in [0.1, 0.15) is 44.1 Å². The van der Waals surface area contributed by atoms with E-state index < -0.39 is 0 Å². The Hall–Kier alpha value is -3.03. The Kier molecular flexibility index (Phi) is 7.20. The zero-order valence-corrected chi connectivity index (χ0v) is 19.2. The van der Waals surface area contributed by atoms with Gasteiger partial charge in [0.1, 0.15) is 11.5 Å². The Balaban J connectivity index is 1.74. The van der Waals surface area contributed by atoms with Gasteiger partial charge >= 0.3 is 0 Å². The van der Waals surface area contributed by atoms with Gasteiger partial charge in [0.2, 0.25) is 0 Å². The summed E-state index contributed by atoms with van der Waals surface area (Å²) in [6, 6.07) is 13.7. The van der Waals surface area contributed by atoms with E-state index in [4.69, 9.17) is 21.1 Å². The van der Waals surface area contributed by atoms with E-state index in [1.807, 2.05) is 26.0 Å². The molecule has 3 aromatic rings. The fourth-order valence-corrected chi connectivity index (χ4v) is 4.30. The molecule has 6 nitrogen and oxygen atoms in total. The number of amides is 2. The van der Waals surface area contributed by atoms with Crippen LogP contribution in [-0.2, 0) is 0 Å². The highest BCUT2D eigenvalue weighted by molar-refractivity contribution is 7.18. The Morgan fingerprint density at radius 1 is 1.03 bits per heavy atom. The van der Waals surface area contributed by atoms with Crippen molar-refractivity contribution in [3.63, 3.8) is 0 Å². The van der Waals surface area contributed by atoms with E-state index in [0.717, 1.165) is 11.1 Å². The molecular weight excluding hydrogens is 436 g/mol. The third-order valence-electron chi connectivity index (χ3n) is 4.73. The molecule has 1 heterocycles. The quantitative estimate of drug-likeness (QED) is 0.492. The molecule has 0 aliphatic rings. The van der Waals surface area contributed by atoms with Crippen molar-refractivity contribution < 1.29 is 19.1 Å². The molecule has 0 bridgehead atoms. The minimum absolute atomic E-state index is 0.230. The summed E-state index contributed by atoms with van der Waals surface area (Å²) >= 11 is 7.30. The number of carbonyl (C=O) groups is 2. The summed E-state index contributed by atoms with van der Waals surface area (Å²) in [5, 5.41) is 6.74. The molecule has 2 amide bonds. The minimum atomic E-state index is -0.324. The Labute approximate surface area is 190 Å². The van der Waals surface area contributed by atoms with E-state index in [2.05, 4.69) is 10.6 Å². The second-order valence-electron chi connectivity index (χ2n) is 6.86. The van der Waals surface area contributed by atoms with Gasteiger partial charge in [-0.2, -0.15) is 0 Å². The van der Waals surface area contributed by atoms with Gasteiger partial charge in [-0.3, -0.25) is 9.59 Å². The van der Waals surface area contributed by atoms with Crippen LogP contribution in [0.5, 0.6) is 11.5 Å². The molecule has 0 aliphatic heterocycles. The van der Waals surface area contributed by atoms with Crippen LogP contribution in [-0.4, -0.2) is 26.0 Å². The number of halogens is 1. The molecule has 0 radical (unpaired) electrons. The van der Waals surface area contributed by atoms with Crippen molar-refractivity contribution in [1.29, 1.82) is 0 Å². The summed E-state index contributed by atoms with van der Waals surface area (Å²) in [6.07, 6.45) is 0. The molecule has 0 saturated heterocycles. The number of rotatable bonds is 7. The van der Waals surface area contributed by atoms with Crippen LogP contribution in [0.3, 0.4) is 0 Å². The summed E-state index contributed by atoms with van der Waals surface area (Å²) in [4.78, 5) is 25.9. The lowest BCUT2D eigenvalue weighted by Crippen LogP contribution is -2.26. The van der Waals surface area contributed by atoms with Gasteiger partial charge in [-0.25, -0.2) is 0 Å². The van der Waals surface area contributed by atoms with Crippen LogP contribution in [0, 0.1) is 6.92 Å². The molecule has 2 aromatic carbocycles. The predicted octanol–water partition coefficient (Wildman–Crippen LogP) is 5.47. The summed E-state index contributed by atoms with van der Waals surface area (Å²) < 4.78 is 10.7. The third kappa shape index (κ3) is 5.18. The number of hydrogen-bond donors (Lipinski definition) is 2. The van der Waals surface area contributed by atoms with Gasteiger partial charge in [0.05, 0.1) is 40.7 Å². The molecule has 0 fully saturated rings. The normalized spacial score (nSPS) is 11.5. The minimum Gasteiger partial charge on any atom is -0.497 e. The topological polar surface area (TPSA) is 76.7 Å². The average molecular weight is 459 g/mol. The van der Waals surface area contributed by atoms with Crippen LogP contribution in [0.2, 0.25) is 5.02 Å². The molecule has 31 heavy (non-hydrogen) atoms. The van der Waals surface area contributed by atoms with Crippen molar-refractivity contribution in [2.75, 3.05) is 19.5 Å². The summed E-state index contributed by atoms with van der Waals surface area (Å²) in [5.74, 6) is 0.746. The van der Waals surface area contributed by atoms with Crippen molar-refractivity contribution in [3.8, 4) is 11.5 Å². The smallest absolute Gasteiger partial charge is 0.262 e. The summed E-state index contributed by atoms with van der Waals surface area (Å²) in [7, 11) is 3.16. The van der Waals surface area contributed by atoms with E-state index >= 15 is 0 Å². The lowest BCUT2D eigenvalue weighted by Gasteiger charge is -2.18. The number of thiophene rings is 1. The Bertz CT molecular complexity index is 1110. The molecule has 8 heteroatoms. The highest BCUT2D eigenvalue weighted by Crippen LogP contribution is 2.31. The molecule has 3 rings (SSSR count). The van der Waals surface area contributed by atoms with Gasteiger partial charge in [0.15, 0.2) is 0 Å². The predicted molar refractivity (Wildman–Crippen MR) is 124 cm³/mol. The van der Waals surface area contributed by atoms with Crippen LogP contribution in [0.15, 0.2) is 48.5 Å². The maximum Gasteiger partial charge on any atom is 0.262 e. The molecule has 1 atom stereocenters. The fraction of sp³-hybridized carbons (Fsp3) is 0.217. The van der Waals surface area contributed by atoms with Gasteiger partial charge in [0.25, 0.3) is 11.8 Å². The van der Waals surface area contributed by atoms with Gasteiger partial charge in [-0.15, -0.1) is 11.3 Å². The third-order valence-corrected chi connectivity index (χ3v) is 6.21.